The van der Waals surface area contributed by atoms with Crippen molar-refractivity contribution in [1.82, 2.24) is 5.32 Å². The zero-order valence-corrected chi connectivity index (χ0v) is 7.05. The zero-order chi connectivity index (χ0) is 9.03. The maximum atomic E-state index is 10.1. The highest BCUT2D eigenvalue weighted by molar-refractivity contribution is 5.66. The van der Waals surface area contributed by atoms with Gasteiger partial charge >= 0.3 is 5.97 Å². The number of aliphatic hydroxyl groups is 1. The number of carbonyl (C=O) groups is 1. The first-order valence-corrected chi connectivity index (χ1v) is 4.26. The molecule has 0 amide bonds. The summed E-state index contributed by atoms with van der Waals surface area (Å²) in [5, 5.41) is 20.4. The summed E-state index contributed by atoms with van der Waals surface area (Å²) in [6, 6.07) is 0. The van der Waals surface area contributed by atoms with E-state index in [1.54, 1.807) is 0 Å². The molecule has 70 valence electrons. The summed E-state index contributed by atoms with van der Waals surface area (Å²) in [5.41, 5.74) is -0.0570. The molecule has 4 nitrogen and oxygen atoms in total. The summed E-state index contributed by atoms with van der Waals surface area (Å²) in [6.45, 7) is 0.854. The van der Waals surface area contributed by atoms with Crippen LogP contribution in [0.25, 0.3) is 0 Å². The molecule has 1 fully saturated rings. The second kappa shape index (κ2) is 3.87. The summed E-state index contributed by atoms with van der Waals surface area (Å²) in [7, 11) is 0. The number of nitrogens with one attached hydrogen (secondary N) is 1. The Hall–Kier alpha value is -0.610. The molecule has 0 saturated heterocycles. The van der Waals surface area contributed by atoms with Crippen molar-refractivity contribution >= 4 is 5.97 Å². The maximum absolute atomic E-state index is 10.1. The lowest BCUT2D eigenvalue weighted by Crippen LogP contribution is -2.35. The number of carboxylic acids is 1. The summed E-state index contributed by atoms with van der Waals surface area (Å²) in [4.78, 5) is 10.1. The Morgan fingerprint density at radius 1 is 1.50 bits per heavy atom. The van der Waals surface area contributed by atoms with E-state index in [0.717, 1.165) is 12.8 Å². The van der Waals surface area contributed by atoms with Crippen molar-refractivity contribution in [3.63, 3.8) is 0 Å². The minimum Gasteiger partial charge on any atom is -0.481 e. The quantitative estimate of drug-likeness (QED) is 0.493. The highest BCUT2D eigenvalue weighted by atomic mass is 16.4. The third-order valence-corrected chi connectivity index (χ3v) is 2.22. The van der Waals surface area contributed by atoms with Crippen LogP contribution in [0, 0.1) is 0 Å². The fourth-order valence-electron chi connectivity index (χ4n) is 1.13. The molecular weight excluding hydrogens is 158 g/mol. The Morgan fingerprint density at radius 2 is 2.17 bits per heavy atom. The first-order valence-electron chi connectivity index (χ1n) is 4.26. The van der Waals surface area contributed by atoms with Gasteiger partial charge in [-0.05, 0) is 25.8 Å². The highest BCUT2D eigenvalue weighted by Crippen LogP contribution is 2.34. The lowest BCUT2D eigenvalue weighted by Gasteiger charge is -2.12. The van der Waals surface area contributed by atoms with Gasteiger partial charge in [0.15, 0.2) is 0 Å². The van der Waals surface area contributed by atoms with Crippen molar-refractivity contribution < 1.29 is 15.0 Å². The van der Waals surface area contributed by atoms with E-state index < -0.39 is 5.97 Å². The Kier molecular flexibility index (Phi) is 3.05. The van der Waals surface area contributed by atoms with Crippen molar-refractivity contribution in [2.45, 2.75) is 31.2 Å². The highest BCUT2D eigenvalue weighted by Gasteiger charge is 2.40. The lowest BCUT2D eigenvalue weighted by molar-refractivity contribution is -0.137. The van der Waals surface area contributed by atoms with Crippen LogP contribution in [0.2, 0.25) is 0 Å². The molecule has 4 heteroatoms. The van der Waals surface area contributed by atoms with Crippen LogP contribution in [0.5, 0.6) is 0 Å². The van der Waals surface area contributed by atoms with Gasteiger partial charge in [-0.3, -0.25) is 4.79 Å². The Bertz CT molecular complexity index is 166. The molecule has 3 N–H and O–H groups in total. The van der Waals surface area contributed by atoms with Crippen LogP contribution < -0.4 is 5.32 Å². The number of carboxylic acid groups (broad SMARTS) is 1. The van der Waals surface area contributed by atoms with Crippen LogP contribution in [0.15, 0.2) is 0 Å². The van der Waals surface area contributed by atoms with E-state index >= 15 is 0 Å². The van der Waals surface area contributed by atoms with Crippen LogP contribution in [-0.2, 0) is 4.79 Å². The topological polar surface area (TPSA) is 69.6 Å². The van der Waals surface area contributed by atoms with Gasteiger partial charge in [0.05, 0.1) is 6.61 Å². The SMILES string of the molecule is O=C(O)CCCNC1(CO)CC1. The van der Waals surface area contributed by atoms with E-state index in [1.807, 2.05) is 0 Å². The summed E-state index contributed by atoms with van der Waals surface area (Å²) >= 11 is 0. The predicted octanol–water partition coefficient (Wildman–Crippen LogP) is -0.0343. The van der Waals surface area contributed by atoms with Crippen molar-refractivity contribution in [3.8, 4) is 0 Å². The molecule has 0 unspecified atom stereocenters. The summed E-state index contributed by atoms with van der Waals surface area (Å²) < 4.78 is 0. The van der Waals surface area contributed by atoms with Gasteiger partial charge in [0.1, 0.15) is 0 Å². The Labute approximate surface area is 71.6 Å². The van der Waals surface area contributed by atoms with Crippen LogP contribution >= 0.6 is 0 Å². The van der Waals surface area contributed by atoms with Gasteiger partial charge in [-0.25, -0.2) is 0 Å². The van der Waals surface area contributed by atoms with Crippen LogP contribution in [0.1, 0.15) is 25.7 Å². The van der Waals surface area contributed by atoms with Gasteiger partial charge in [0.2, 0.25) is 0 Å². The number of rotatable bonds is 6. The molecule has 1 aliphatic rings. The number of aliphatic carboxylic acids is 1. The number of hydrogen-bond donors (Lipinski definition) is 3. The summed E-state index contributed by atoms with van der Waals surface area (Å²) in [6.07, 6.45) is 2.86. The Balaban J connectivity index is 1.99. The van der Waals surface area contributed by atoms with Crippen LogP contribution in [0.3, 0.4) is 0 Å². The minimum absolute atomic E-state index is 0.0570. The third kappa shape index (κ3) is 2.79. The average Bonchev–Trinajstić information content (AvgIpc) is 2.79. The van der Waals surface area contributed by atoms with Gasteiger partial charge in [-0.1, -0.05) is 0 Å². The van der Waals surface area contributed by atoms with Gasteiger partial charge in [0.25, 0.3) is 0 Å². The van der Waals surface area contributed by atoms with E-state index in [4.69, 9.17) is 10.2 Å². The molecule has 0 spiro atoms. The van der Waals surface area contributed by atoms with Gasteiger partial charge in [-0.2, -0.15) is 0 Å². The van der Waals surface area contributed by atoms with Crippen LogP contribution in [0.4, 0.5) is 0 Å². The monoisotopic (exact) mass is 173 g/mol. The lowest BCUT2D eigenvalue weighted by atomic mass is 10.2. The number of aliphatic hydroxyl groups excluding tert-OH is 1. The second-order valence-corrected chi connectivity index (χ2v) is 3.36. The van der Waals surface area contributed by atoms with E-state index in [-0.39, 0.29) is 18.6 Å². The van der Waals surface area contributed by atoms with Crippen molar-refractivity contribution in [3.05, 3.63) is 0 Å². The van der Waals surface area contributed by atoms with Crippen molar-refractivity contribution in [2.24, 2.45) is 0 Å². The molecule has 0 radical (unpaired) electrons. The molecule has 0 aliphatic heterocycles. The van der Waals surface area contributed by atoms with Gasteiger partial charge in [0, 0.05) is 12.0 Å². The molecule has 1 aliphatic carbocycles. The third-order valence-electron chi connectivity index (χ3n) is 2.22. The summed E-state index contributed by atoms with van der Waals surface area (Å²) in [5.74, 6) is -0.759. The van der Waals surface area contributed by atoms with Crippen molar-refractivity contribution in [2.75, 3.05) is 13.2 Å². The largest absolute Gasteiger partial charge is 0.481 e. The molecule has 0 aromatic carbocycles. The second-order valence-electron chi connectivity index (χ2n) is 3.36. The van der Waals surface area contributed by atoms with E-state index in [2.05, 4.69) is 5.32 Å². The molecule has 1 saturated carbocycles. The normalized spacial score (nSPS) is 19.1. The molecule has 0 atom stereocenters. The van der Waals surface area contributed by atoms with E-state index in [9.17, 15) is 4.79 Å². The standard InChI is InChI=1S/C8H15NO3/c10-6-8(3-4-8)9-5-1-2-7(11)12/h9-10H,1-6H2,(H,11,12). The van der Waals surface area contributed by atoms with Gasteiger partial charge in [-0.15, -0.1) is 0 Å². The molecular formula is C8H15NO3. The fraction of sp³-hybridized carbons (Fsp3) is 0.875. The smallest absolute Gasteiger partial charge is 0.303 e. The molecule has 0 aromatic heterocycles. The molecule has 0 heterocycles. The Morgan fingerprint density at radius 3 is 2.58 bits per heavy atom. The van der Waals surface area contributed by atoms with E-state index in [1.165, 1.54) is 0 Å². The molecule has 0 bridgehead atoms. The molecule has 0 aromatic rings. The molecule has 1 rings (SSSR count). The van der Waals surface area contributed by atoms with E-state index in [0.29, 0.717) is 13.0 Å². The maximum Gasteiger partial charge on any atom is 0.303 e. The number of hydrogen-bond acceptors (Lipinski definition) is 3. The average molecular weight is 173 g/mol. The zero-order valence-electron chi connectivity index (χ0n) is 7.05. The van der Waals surface area contributed by atoms with Crippen molar-refractivity contribution in [1.29, 1.82) is 0 Å². The first kappa shape index (κ1) is 9.48. The van der Waals surface area contributed by atoms with Gasteiger partial charge < -0.3 is 15.5 Å². The van der Waals surface area contributed by atoms with Crippen LogP contribution in [-0.4, -0.2) is 34.9 Å². The minimum atomic E-state index is -0.759. The molecule has 12 heavy (non-hydrogen) atoms. The fourth-order valence-corrected chi connectivity index (χ4v) is 1.13. The first-order chi connectivity index (χ1) is 5.68. The predicted molar refractivity (Wildman–Crippen MR) is 43.9 cm³/mol.